The van der Waals surface area contributed by atoms with Crippen LogP contribution in [0.2, 0.25) is 0 Å². The van der Waals surface area contributed by atoms with E-state index in [-0.39, 0.29) is 12.1 Å². The number of amides is 1. The Hall–Kier alpha value is -3.39. The Kier molecular flexibility index (Phi) is 6.60. The lowest BCUT2D eigenvalue weighted by Gasteiger charge is -2.26. The maximum atomic E-state index is 12.9. The number of hydrogen-bond acceptors (Lipinski definition) is 6. The maximum absolute atomic E-state index is 12.9. The molecule has 0 atom stereocenters. The monoisotopic (exact) mass is 440 g/mol. The zero-order valence-corrected chi connectivity index (χ0v) is 18.6. The molecule has 0 saturated heterocycles. The number of carbonyl (C=O) groups excluding carboxylic acids is 1. The van der Waals surface area contributed by atoms with Gasteiger partial charge in [0.25, 0.3) is 0 Å². The van der Waals surface area contributed by atoms with E-state index in [0.29, 0.717) is 5.13 Å². The highest BCUT2D eigenvalue weighted by Crippen LogP contribution is 2.33. The summed E-state index contributed by atoms with van der Waals surface area (Å²) in [5, 5.41) is 9.56. The summed E-state index contributed by atoms with van der Waals surface area (Å²) in [6.45, 7) is 5.72. The van der Waals surface area contributed by atoms with Crippen molar-refractivity contribution in [3.05, 3.63) is 65.9 Å². The van der Waals surface area contributed by atoms with Crippen LogP contribution in [0.15, 0.2) is 54.7 Å². The quantitative estimate of drug-likeness (QED) is 0.548. The molecule has 3 aromatic rings. The molecule has 1 aromatic heterocycles. The zero-order valence-electron chi connectivity index (χ0n) is 17.8. The smallest absolute Gasteiger partial charge is 0.416 e. The predicted octanol–water partition coefficient (Wildman–Crippen LogP) is 5.46. The topological polar surface area (TPSA) is 89.0 Å². The number of benzene rings is 2. The fourth-order valence-electron chi connectivity index (χ4n) is 2.74. The number of nitrogens with zero attached hydrogens (tertiary/aromatic N) is 2. The molecule has 0 aliphatic rings. The third-order valence-corrected chi connectivity index (χ3v) is 5.32. The van der Waals surface area contributed by atoms with Crippen LogP contribution in [0.5, 0.6) is 5.75 Å². The van der Waals surface area contributed by atoms with E-state index < -0.39 is 17.7 Å². The van der Waals surface area contributed by atoms with Crippen molar-refractivity contribution >= 4 is 28.5 Å². The Morgan fingerprint density at radius 3 is 2.26 bits per heavy atom. The van der Waals surface area contributed by atoms with Crippen LogP contribution in [0.3, 0.4) is 0 Å². The number of carboxylic acid groups (broad SMARTS) is 1. The van der Waals surface area contributed by atoms with E-state index in [1.54, 1.807) is 37.6 Å². The van der Waals surface area contributed by atoms with Crippen molar-refractivity contribution in [2.24, 2.45) is 0 Å². The first-order valence-electron chi connectivity index (χ1n) is 9.59. The second-order valence-electron chi connectivity index (χ2n) is 7.80. The summed E-state index contributed by atoms with van der Waals surface area (Å²) in [5.41, 5.74) is 1.28. The minimum absolute atomic E-state index is 0.211. The number of ether oxygens (including phenoxy) is 2. The molecule has 0 aliphatic heterocycles. The molecular weight excluding hydrogens is 416 g/mol. The lowest BCUT2D eigenvalue weighted by Crippen LogP contribution is -2.36. The van der Waals surface area contributed by atoms with Gasteiger partial charge in [0.15, 0.2) is 5.13 Å². The first-order chi connectivity index (χ1) is 14.7. The minimum atomic E-state index is -0.980. The van der Waals surface area contributed by atoms with Gasteiger partial charge in [-0.2, -0.15) is 0 Å². The van der Waals surface area contributed by atoms with Gasteiger partial charge in [0.05, 0.1) is 24.1 Å². The average Bonchev–Trinajstić information content (AvgIpc) is 3.21. The van der Waals surface area contributed by atoms with Gasteiger partial charge in [-0.1, -0.05) is 35.6 Å². The molecule has 0 fully saturated rings. The van der Waals surface area contributed by atoms with E-state index in [0.717, 1.165) is 21.8 Å². The number of aromatic carboxylic acids is 1. The molecule has 0 spiro atoms. The van der Waals surface area contributed by atoms with Crippen LogP contribution >= 0.6 is 11.3 Å². The van der Waals surface area contributed by atoms with Crippen LogP contribution in [0.4, 0.5) is 9.93 Å². The Labute approximate surface area is 184 Å². The van der Waals surface area contributed by atoms with Crippen LogP contribution in [-0.2, 0) is 11.3 Å². The number of thiazole rings is 1. The number of aromatic nitrogens is 1. The molecule has 0 bridgehead atoms. The maximum Gasteiger partial charge on any atom is 0.416 e. The van der Waals surface area contributed by atoms with E-state index in [9.17, 15) is 9.59 Å². The zero-order chi connectivity index (χ0) is 22.6. The fourth-order valence-corrected chi connectivity index (χ4v) is 3.65. The minimum Gasteiger partial charge on any atom is -0.497 e. The van der Waals surface area contributed by atoms with Gasteiger partial charge < -0.3 is 14.6 Å². The third kappa shape index (κ3) is 5.82. The van der Waals surface area contributed by atoms with Gasteiger partial charge in [-0.05, 0) is 56.2 Å². The summed E-state index contributed by atoms with van der Waals surface area (Å²) < 4.78 is 10.8. The van der Waals surface area contributed by atoms with Crippen molar-refractivity contribution in [3.63, 3.8) is 0 Å². The SMILES string of the molecule is COc1ccc(CN(C(=O)OC(C)(C)C)c2ncc(-c3ccc(C(=O)O)cc3)s2)cc1. The third-order valence-electron chi connectivity index (χ3n) is 4.25. The lowest BCUT2D eigenvalue weighted by atomic mass is 10.1. The molecular formula is C23H24N2O5S. The van der Waals surface area contributed by atoms with Gasteiger partial charge in [-0.3, -0.25) is 0 Å². The standard InChI is InChI=1S/C23H24N2O5S/c1-23(2,3)30-22(28)25(14-15-5-11-18(29-4)12-6-15)21-24-13-19(31-21)16-7-9-17(10-8-16)20(26)27/h5-13H,14H2,1-4H3,(H,26,27). The molecule has 2 aromatic carbocycles. The van der Waals surface area contributed by atoms with E-state index in [2.05, 4.69) is 4.98 Å². The van der Waals surface area contributed by atoms with Crippen LogP contribution in [0.1, 0.15) is 36.7 Å². The van der Waals surface area contributed by atoms with E-state index in [1.807, 2.05) is 45.0 Å². The van der Waals surface area contributed by atoms with Crippen LogP contribution < -0.4 is 9.64 Å². The van der Waals surface area contributed by atoms with E-state index in [4.69, 9.17) is 14.6 Å². The molecule has 1 amide bonds. The summed E-state index contributed by atoms with van der Waals surface area (Å²) in [6.07, 6.45) is 1.17. The van der Waals surface area contributed by atoms with Gasteiger partial charge >= 0.3 is 12.1 Å². The fraction of sp³-hybridized carbons (Fsp3) is 0.261. The number of methoxy groups -OCH3 is 1. The summed E-state index contributed by atoms with van der Waals surface area (Å²) in [7, 11) is 1.60. The van der Waals surface area contributed by atoms with Gasteiger partial charge in [0.1, 0.15) is 11.4 Å². The van der Waals surface area contributed by atoms with Crippen LogP contribution in [-0.4, -0.2) is 34.9 Å². The highest BCUT2D eigenvalue weighted by atomic mass is 32.1. The van der Waals surface area contributed by atoms with E-state index in [1.165, 1.54) is 16.2 Å². The Morgan fingerprint density at radius 2 is 1.71 bits per heavy atom. The molecule has 8 heteroatoms. The number of carboxylic acids is 1. The molecule has 0 aliphatic carbocycles. The largest absolute Gasteiger partial charge is 0.497 e. The summed E-state index contributed by atoms with van der Waals surface area (Å²) in [4.78, 5) is 30.7. The first kappa shape index (κ1) is 22.3. The van der Waals surface area contributed by atoms with Gasteiger partial charge in [0.2, 0.25) is 0 Å². The first-order valence-corrected chi connectivity index (χ1v) is 10.4. The number of anilines is 1. The number of hydrogen-bond donors (Lipinski definition) is 1. The average molecular weight is 441 g/mol. The molecule has 31 heavy (non-hydrogen) atoms. The van der Waals surface area contributed by atoms with Gasteiger partial charge in [0, 0.05) is 6.20 Å². The molecule has 162 valence electrons. The normalized spacial score (nSPS) is 11.1. The van der Waals surface area contributed by atoms with Crippen molar-refractivity contribution in [3.8, 4) is 16.2 Å². The lowest BCUT2D eigenvalue weighted by molar-refractivity contribution is 0.0576. The molecule has 1 heterocycles. The van der Waals surface area contributed by atoms with Crippen molar-refractivity contribution in [1.29, 1.82) is 0 Å². The summed E-state index contributed by atoms with van der Waals surface area (Å²) in [6, 6.07) is 14.0. The second kappa shape index (κ2) is 9.18. The van der Waals surface area contributed by atoms with Crippen molar-refractivity contribution < 1.29 is 24.2 Å². The Morgan fingerprint density at radius 1 is 1.06 bits per heavy atom. The number of carbonyl (C=O) groups is 2. The van der Waals surface area contributed by atoms with Gasteiger partial charge in [-0.15, -0.1) is 0 Å². The Bertz CT molecular complexity index is 1050. The van der Waals surface area contributed by atoms with Crippen molar-refractivity contribution in [2.75, 3.05) is 12.0 Å². The molecule has 7 nitrogen and oxygen atoms in total. The van der Waals surface area contributed by atoms with E-state index >= 15 is 0 Å². The molecule has 0 unspecified atom stereocenters. The molecule has 3 rings (SSSR count). The highest BCUT2D eigenvalue weighted by molar-refractivity contribution is 7.19. The summed E-state index contributed by atoms with van der Waals surface area (Å²) >= 11 is 1.33. The summed E-state index contributed by atoms with van der Waals surface area (Å²) in [5.74, 6) is -0.249. The number of rotatable bonds is 6. The second-order valence-corrected chi connectivity index (χ2v) is 8.81. The predicted molar refractivity (Wildman–Crippen MR) is 120 cm³/mol. The molecule has 0 radical (unpaired) electrons. The molecule has 0 saturated carbocycles. The van der Waals surface area contributed by atoms with Crippen LogP contribution in [0, 0.1) is 0 Å². The van der Waals surface area contributed by atoms with Crippen molar-refractivity contribution in [2.45, 2.75) is 32.9 Å². The molecule has 1 N–H and O–H groups in total. The van der Waals surface area contributed by atoms with Crippen molar-refractivity contribution in [1.82, 2.24) is 4.98 Å². The Balaban J connectivity index is 1.89. The van der Waals surface area contributed by atoms with Crippen LogP contribution in [0.25, 0.3) is 10.4 Å². The highest BCUT2D eigenvalue weighted by Gasteiger charge is 2.26. The van der Waals surface area contributed by atoms with Gasteiger partial charge in [-0.25, -0.2) is 19.5 Å².